The van der Waals surface area contributed by atoms with E-state index in [1.165, 1.54) is 0 Å². The first-order chi connectivity index (χ1) is 14.0. The third kappa shape index (κ3) is 5.12. The highest BCUT2D eigenvalue weighted by atomic mass is 79.9. The minimum absolute atomic E-state index is 0.138. The van der Waals surface area contributed by atoms with Gasteiger partial charge >= 0.3 is 0 Å². The summed E-state index contributed by atoms with van der Waals surface area (Å²) in [7, 11) is 4.63. The van der Waals surface area contributed by atoms with Crippen LogP contribution in [0.3, 0.4) is 0 Å². The summed E-state index contributed by atoms with van der Waals surface area (Å²) in [6.07, 6.45) is 0.178. The zero-order chi connectivity index (χ0) is 20.8. The van der Waals surface area contributed by atoms with Gasteiger partial charge in [0.25, 0.3) is 0 Å². The second-order valence-corrected chi connectivity index (χ2v) is 7.18. The average molecular weight is 460 g/mol. The molecule has 29 heavy (non-hydrogen) atoms. The van der Waals surface area contributed by atoms with Crippen molar-refractivity contribution in [3.8, 4) is 28.6 Å². The van der Waals surface area contributed by atoms with Gasteiger partial charge in [0.05, 0.1) is 34.3 Å². The third-order valence-electron chi connectivity index (χ3n) is 4.34. The zero-order valence-electron chi connectivity index (χ0n) is 16.5. The molecule has 7 heteroatoms. The Morgan fingerprint density at radius 3 is 2.21 bits per heavy atom. The number of nitrogens with one attached hydrogen (secondary N) is 1. The average Bonchev–Trinajstić information content (AvgIpc) is 3.21. The molecule has 152 valence electrons. The summed E-state index contributed by atoms with van der Waals surface area (Å²) in [6.45, 7) is 0.305. The van der Waals surface area contributed by atoms with Crippen molar-refractivity contribution in [3.63, 3.8) is 0 Å². The number of furan rings is 1. The molecule has 0 atom stereocenters. The number of ether oxygens (including phenoxy) is 3. The number of halogens is 1. The molecular formula is C22H22BrNO5. The summed E-state index contributed by atoms with van der Waals surface area (Å²) >= 11 is 3.42. The van der Waals surface area contributed by atoms with Crippen molar-refractivity contribution in [3.05, 3.63) is 64.3 Å². The first-order valence-electron chi connectivity index (χ1n) is 8.94. The van der Waals surface area contributed by atoms with Crippen LogP contribution in [0.5, 0.6) is 17.2 Å². The van der Waals surface area contributed by atoms with Gasteiger partial charge in [-0.1, -0.05) is 28.1 Å². The molecule has 3 aromatic rings. The van der Waals surface area contributed by atoms with Crippen molar-refractivity contribution in [2.45, 2.75) is 13.0 Å². The first-order valence-corrected chi connectivity index (χ1v) is 9.73. The van der Waals surface area contributed by atoms with Gasteiger partial charge in [-0.25, -0.2) is 0 Å². The molecule has 3 rings (SSSR count). The third-order valence-corrected chi connectivity index (χ3v) is 4.87. The lowest BCUT2D eigenvalue weighted by atomic mass is 10.1. The molecule has 0 saturated carbocycles. The van der Waals surface area contributed by atoms with Crippen LogP contribution in [0, 0.1) is 0 Å². The summed E-state index contributed by atoms with van der Waals surface area (Å²) in [5, 5.41) is 2.87. The number of carbonyl (C=O) groups is 1. The number of amides is 1. The van der Waals surface area contributed by atoms with Gasteiger partial charge in [-0.05, 0) is 42.0 Å². The summed E-state index contributed by atoms with van der Waals surface area (Å²) in [4.78, 5) is 12.4. The van der Waals surface area contributed by atoms with Gasteiger partial charge in [0, 0.05) is 10.0 Å². The van der Waals surface area contributed by atoms with E-state index in [2.05, 4.69) is 21.2 Å². The number of benzene rings is 2. The molecule has 0 radical (unpaired) electrons. The van der Waals surface area contributed by atoms with Crippen molar-refractivity contribution in [1.29, 1.82) is 0 Å². The second kappa shape index (κ2) is 9.52. The van der Waals surface area contributed by atoms with E-state index in [-0.39, 0.29) is 12.3 Å². The predicted molar refractivity (Wildman–Crippen MR) is 113 cm³/mol. The fourth-order valence-corrected chi connectivity index (χ4v) is 3.18. The first kappa shape index (κ1) is 20.8. The molecular weight excluding hydrogens is 438 g/mol. The van der Waals surface area contributed by atoms with E-state index >= 15 is 0 Å². The molecule has 1 heterocycles. The largest absolute Gasteiger partial charge is 0.493 e. The van der Waals surface area contributed by atoms with E-state index in [9.17, 15) is 4.79 Å². The Morgan fingerprint density at radius 1 is 0.966 bits per heavy atom. The maximum atomic E-state index is 12.4. The smallest absolute Gasteiger partial charge is 0.224 e. The van der Waals surface area contributed by atoms with Crippen LogP contribution in [0.2, 0.25) is 0 Å². The van der Waals surface area contributed by atoms with Crippen molar-refractivity contribution in [2.24, 2.45) is 0 Å². The highest BCUT2D eigenvalue weighted by molar-refractivity contribution is 9.10. The molecule has 0 spiro atoms. The minimum atomic E-state index is -0.138. The molecule has 0 saturated heterocycles. The van der Waals surface area contributed by atoms with E-state index in [1.54, 1.807) is 33.5 Å². The summed E-state index contributed by atoms with van der Waals surface area (Å²) in [5.41, 5.74) is 1.73. The van der Waals surface area contributed by atoms with Gasteiger partial charge < -0.3 is 23.9 Å². The predicted octanol–water partition coefficient (Wildman–Crippen LogP) is 4.59. The molecule has 0 unspecified atom stereocenters. The lowest BCUT2D eigenvalue weighted by Gasteiger charge is -2.14. The highest BCUT2D eigenvalue weighted by Gasteiger charge is 2.15. The van der Waals surface area contributed by atoms with Crippen LogP contribution >= 0.6 is 15.9 Å². The normalized spacial score (nSPS) is 10.5. The van der Waals surface area contributed by atoms with Gasteiger partial charge in [0.2, 0.25) is 11.7 Å². The minimum Gasteiger partial charge on any atom is -0.493 e. The van der Waals surface area contributed by atoms with E-state index in [4.69, 9.17) is 18.6 Å². The van der Waals surface area contributed by atoms with E-state index in [0.717, 1.165) is 21.4 Å². The van der Waals surface area contributed by atoms with Crippen molar-refractivity contribution in [1.82, 2.24) is 5.32 Å². The molecule has 1 N–H and O–H groups in total. The lowest BCUT2D eigenvalue weighted by Crippen LogP contribution is -2.24. The van der Waals surface area contributed by atoms with E-state index in [1.807, 2.05) is 36.4 Å². The molecule has 1 aromatic heterocycles. The number of methoxy groups -OCH3 is 3. The van der Waals surface area contributed by atoms with E-state index in [0.29, 0.717) is 29.6 Å². The highest BCUT2D eigenvalue weighted by Crippen LogP contribution is 2.38. The standard InChI is InChI=1S/C22H22BrNO5/c1-26-19-10-14(11-20(27-2)22(19)28-3)12-21(25)24-13-17-8-9-18(29-17)15-4-6-16(23)7-5-15/h4-11H,12-13H2,1-3H3,(H,24,25). The van der Waals surface area contributed by atoms with Gasteiger partial charge in [-0.2, -0.15) is 0 Å². The van der Waals surface area contributed by atoms with Crippen LogP contribution in [0.4, 0.5) is 0 Å². The van der Waals surface area contributed by atoms with Gasteiger partial charge in [-0.15, -0.1) is 0 Å². The van der Waals surface area contributed by atoms with Crippen LogP contribution in [0.15, 0.2) is 57.4 Å². The second-order valence-electron chi connectivity index (χ2n) is 6.26. The number of hydrogen-bond acceptors (Lipinski definition) is 5. The molecule has 0 bridgehead atoms. The molecule has 0 aliphatic heterocycles. The topological polar surface area (TPSA) is 69.9 Å². The Bertz CT molecular complexity index is 956. The molecule has 0 aliphatic carbocycles. The van der Waals surface area contributed by atoms with Gasteiger partial charge in [0.15, 0.2) is 11.5 Å². The maximum Gasteiger partial charge on any atom is 0.224 e. The van der Waals surface area contributed by atoms with Gasteiger partial charge in [-0.3, -0.25) is 4.79 Å². The van der Waals surface area contributed by atoms with E-state index < -0.39 is 0 Å². The van der Waals surface area contributed by atoms with Crippen molar-refractivity contribution < 1.29 is 23.4 Å². The molecule has 6 nitrogen and oxygen atoms in total. The Hall–Kier alpha value is -2.93. The monoisotopic (exact) mass is 459 g/mol. The van der Waals surface area contributed by atoms with Gasteiger partial charge in [0.1, 0.15) is 11.5 Å². The van der Waals surface area contributed by atoms with Crippen LogP contribution in [-0.2, 0) is 17.8 Å². The zero-order valence-corrected chi connectivity index (χ0v) is 18.0. The lowest BCUT2D eigenvalue weighted by molar-refractivity contribution is -0.120. The number of carbonyl (C=O) groups excluding carboxylic acids is 1. The van der Waals surface area contributed by atoms with Crippen LogP contribution < -0.4 is 19.5 Å². The van der Waals surface area contributed by atoms with Crippen LogP contribution in [0.1, 0.15) is 11.3 Å². The number of hydrogen-bond donors (Lipinski definition) is 1. The molecule has 1 amide bonds. The summed E-state index contributed by atoms with van der Waals surface area (Å²) in [6, 6.07) is 15.1. The maximum absolute atomic E-state index is 12.4. The van der Waals surface area contributed by atoms with Crippen molar-refractivity contribution >= 4 is 21.8 Å². The SMILES string of the molecule is COc1cc(CC(=O)NCc2ccc(-c3ccc(Br)cc3)o2)cc(OC)c1OC. The van der Waals surface area contributed by atoms with Crippen LogP contribution in [-0.4, -0.2) is 27.2 Å². The van der Waals surface area contributed by atoms with Crippen LogP contribution in [0.25, 0.3) is 11.3 Å². The van der Waals surface area contributed by atoms with Crippen molar-refractivity contribution in [2.75, 3.05) is 21.3 Å². The summed E-state index contributed by atoms with van der Waals surface area (Å²) < 4.78 is 22.8. The molecule has 0 aliphatic rings. The molecule has 2 aromatic carbocycles. The number of rotatable bonds is 8. The quantitative estimate of drug-likeness (QED) is 0.533. The Morgan fingerprint density at radius 2 is 1.62 bits per heavy atom. The Balaban J connectivity index is 1.62. The molecule has 0 fully saturated rings. The Kier molecular flexibility index (Phi) is 6.82. The fraction of sp³-hybridized carbons (Fsp3) is 0.227. The fourth-order valence-electron chi connectivity index (χ4n) is 2.91. The summed E-state index contributed by atoms with van der Waals surface area (Å²) in [5.74, 6) is 2.82. The Labute approximate surface area is 177 Å².